The number of hydrogen-bond donors (Lipinski definition) is 1. The summed E-state index contributed by atoms with van der Waals surface area (Å²) in [5, 5.41) is 8.66. The van der Waals surface area contributed by atoms with Crippen molar-refractivity contribution in [3.8, 4) is 0 Å². The molecule has 0 aromatic carbocycles. The fourth-order valence-electron chi connectivity index (χ4n) is 3.09. The van der Waals surface area contributed by atoms with Crippen molar-refractivity contribution >= 4 is 11.9 Å². The number of unbranched alkanes of at least 4 members (excludes halogenated alkanes) is 1. The number of amides is 1. The van der Waals surface area contributed by atoms with Gasteiger partial charge in [0.05, 0.1) is 12.5 Å². The van der Waals surface area contributed by atoms with E-state index in [9.17, 15) is 9.59 Å². The van der Waals surface area contributed by atoms with Crippen LogP contribution >= 0.6 is 0 Å². The Bertz CT molecular complexity index is 463. The molecule has 0 atom stereocenters. The number of aliphatic carboxylic acids is 1. The molecule has 0 aliphatic heterocycles. The maximum atomic E-state index is 12.6. The van der Waals surface area contributed by atoms with Gasteiger partial charge in [0.1, 0.15) is 0 Å². The van der Waals surface area contributed by atoms with E-state index in [-0.39, 0.29) is 12.3 Å². The highest BCUT2D eigenvalue weighted by Gasteiger charge is 2.25. The van der Waals surface area contributed by atoms with Crippen LogP contribution in [-0.2, 0) is 16.1 Å². The van der Waals surface area contributed by atoms with Gasteiger partial charge in [-0.15, -0.1) is 0 Å². The molecule has 5 heteroatoms. The second-order valence-corrected chi connectivity index (χ2v) is 6.05. The van der Waals surface area contributed by atoms with Gasteiger partial charge < -0.3 is 14.4 Å². The van der Waals surface area contributed by atoms with Crippen LogP contribution < -0.4 is 0 Å². The molecule has 0 spiro atoms. The van der Waals surface area contributed by atoms with E-state index in [4.69, 9.17) is 9.52 Å². The van der Waals surface area contributed by atoms with Gasteiger partial charge in [-0.2, -0.15) is 0 Å². The summed E-state index contributed by atoms with van der Waals surface area (Å²) in [6.45, 7) is 0.596. The van der Waals surface area contributed by atoms with Crippen molar-refractivity contribution in [1.29, 1.82) is 0 Å². The fraction of sp³-hybridized carbons (Fsp3) is 0.647. The minimum Gasteiger partial charge on any atom is -0.481 e. The molecule has 2 rings (SSSR count). The van der Waals surface area contributed by atoms with Crippen LogP contribution in [-0.4, -0.2) is 27.9 Å². The zero-order valence-electron chi connectivity index (χ0n) is 13.0. The summed E-state index contributed by atoms with van der Waals surface area (Å²) in [4.78, 5) is 25.1. The van der Waals surface area contributed by atoms with Crippen LogP contribution in [0.25, 0.3) is 0 Å². The third-order valence-electron chi connectivity index (χ3n) is 4.30. The van der Waals surface area contributed by atoms with E-state index in [1.54, 1.807) is 12.5 Å². The van der Waals surface area contributed by atoms with E-state index in [2.05, 4.69) is 0 Å². The fourth-order valence-corrected chi connectivity index (χ4v) is 3.09. The van der Waals surface area contributed by atoms with E-state index in [0.29, 0.717) is 31.8 Å². The van der Waals surface area contributed by atoms with Crippen LogP contribution in [0.4, 0.5) is 0 Å². The first kappa shape index (κ1) is 16.6. The van der Waals surface area contributed by atoms with Gasteiger partial charge in [0.25, 0.3) is 0 Å². The van der Waals surface area contributed by atoms with Gasteiger partial charge in [-0.1, -0.05) is 19.3 Å². The largest absolute Gasteiger partial charge is 0.481 e. The summed E-state index contributed by atoms with van der Waals surface area (Å²) in [5.74, 6) is -0.659. The first-order valence-electron chi connectivity index (χ1n) is 8.19. The van der Waals surface area contributed by atoms with Crippen molar-refractivity contribution < 1.29 is 19.1 Å². The molecule has 5 nitrogen and oxygen atoms in total. The molecule has 1 fully saturated rings. The number of carbonyl (C=O) groups excluding carboxylic acids is 1. The van der Waals surface area contributed by atoms with E-state index >= 15 is 0 Å². The van der Waals surface area contributed by atoms with Crippen LogP contribution in [0.15, 0.2) is 23.0 Å². The maximum Gasteiger partial charge on any atom is 0.303 e. The number of carboxylic acid groups (broad SMARTS) is 1. The number of nitrogens with zero attached hydrogens (tertiary/aromatic N) is 1. The standard InChI is InChI=1S/C17H25NO4/c19-16(8-4-5-9-17(20)21)18(12-14-10-11-22-13-14)15-6-2-1-3-7-15/h10-11,13,15H,1-9,12H2,(H,20,21). The highest BCUT2D eigenvalue weighted by molar-refractivity contribution is 5.76. The molecule has 0 radical (unpaired) electrons. The van der Waals surface area contributed by atoms with Gasteiger partial charge >= 0.3 is 5.97 Å². The maximum absolute atomic E-state index is 12.6. The second kappa shape index (κ2) is 8.61. The van der Waals surface area contributed by atoms with Crippen molar-refractivity contribution in [3.63, 3.8) is 0 Å². The second-order valence-electron chi connectivity index (χ2n) is 6.05. The normalized spacial score (nSPS) is 15.6. The zero-order chi connectivity index (χ0) is 15.8. The quantitative estimate of drug-likeness (QED) is 0.745. The smallest absolute Gasteiger partial charge is 0.303 e. The molecule has 1 saturated carbocycles. The molecule has 1 amide bonds. The van der Waals surface area contributed by atoms with Crippen LogP contribution in [0.3, 0.4) is 0 Å². The van der Waals surface area contributed by atoms with Crippen molar-refractivity contribution in [2.24, 2.45) is 0 Å². The molecule has 122 valence electrons. The van der Waals surface area contributed by atoms with Gasteiger partial charge in [-0.3, -0.25) is 9.59 Å². The predicted octanol–water partition coefficient (Wildman–Crippen LogP) is 3.59. The molecule has 22 heavy (non-hydrogen) atoms. The van der Waals surface area contributed by atoms with Crippen LogP contribution in [0.1, 0.15) is 63.4 Å². The highest BCUT2D eigenvalue weighted by atomic mass is 16.4. The van der Waals surface area contributed by atoms with Crippen molar-refractivity contribution in [2.75, 3.05) is 0 Å². The van der Waals surface area contributed by atoms with Crippen LogP contribution in [0.2, 0.25) is 0 Å². The Hall–Kier alpha value is -1.78. The summed E-state index contributed by atoms with van der Waals surface area (Å²) >= 11 is 0. The monoisotopic (exact) mass is 307 g/mol. The Morgan fingerprint density at radius 1 is 1.18 bits per heavy atom. The molecule has 1 heterocycles. The summed E-state index contributed by atoms with van der Waals surface area (Å²) < 4.78 is 5.10. The Kier molecular flexibility index (Phi) is 6.49. The first-order chi connectivity index (χ1) is 10.7. The van der Waals surface area contributed by atoms with Crippen molar-refractivity contribution in [2.45, 2.75) is 70.4 Å². The summed E-state index contributed by atoms with van der Waals surface area (Å²) in [6, 6.07) is 2.21. The Morgan fingerprint density at radius 3 is 2.55 bits per heavy atom. The predicted molar refractivity (Wildman–Crippen MR) is 82.2 cm³/mol. The molecule has 0 saturated heterocycles. The average Bonchev–Trinajstić information content (AvgIpc) is 3.03. The third kappa shape index (κ3) is 5.20. The van der Waals surface area contributed by atoms with Crippen molar-refractivity contribution in [3.05, 3.63) is 24.2 Å². The van der Waals surface area contributed by atoms with E-state index in [1.165, 1.54) is 19.3 Å². The molecular weight excluding hydrogens is 282 g/mol. The molecule has 0 bridgehead atoms. The van der Waals surface area contributed by atoms with Crippen LogP contribution in [0.5, 0.6) is 0 Å². The topological polar surface area (TPSA) is 70.8 Å². The molecule has 1 aromatic rings. The van der Waals surface area contributed by atoms with Gasteiger partial charge in [0, 0.05) is 31.0 Å². The Morgan fingerprint density at radius 2 is 1.91 bits per heavy atom. The lowest BCUT2D eigenvalue weighted by atomic mass is 9.93. The molecule has 1 N–H and O–H groups in total. The van der Waals surface area contributed by atoms with Gasteiger partial charge in [-0.05, 0) is 31.7 Å². The Labute approximate surface area is 131 Å². The zero-order valence-corrected chi connectivity index (χ0v) is 13.0. The first-order valence-corrected chi connectivity index (χ1v) is 8.19. The molecular formula is C17H25NO4. The van der Waals surface area contributed by atoms with Crippen LogP contribution in [0, 0.1) is 0 Å². The minimum absolute atomic E-state index is 0.137. The SMILES string of the molecule is O=C(O)CCCCC(=O)N(Cc1ccoc1)C1CCCCC1. The van der Waals surface area contributed by atoms with Crippen molar-refractivity contribution in [1.82, 2.24) is 4.90 Å². The van der Waals surface area contributed by atoms with E-state index in [1.807, 2.05) is 11.0 Å². The number of hydrogen-bond acceptors (Lipinski definition) is 3. The lowest BCUT2D eigenvalue weighted by Gasteiger charge is -2.34. The van der Waals surface area contributed by atoms with E-state index in [0.717, 1.165) is 18.4 Å². The summed E-state index contributed by atoms with van der Waals surface area (Å²) in [7, 11) is 0. The van der Waals surface area contributed by atoms with Gasteiger partial charge in [0.15, 0.2) is 0 Å². The number of carbonyl (C=O) groups is 2. The highest BCUT2D eigenvalue weighted by Crippen LogP contribution is 2.25. The lowest BCUT2D eigenvalue weighted by Crippen LogP contribution is -2.40. The average molecular weight is 307 g/mol. The molecule has 1 aliphatic rings. The molecule has 1 aromatic heterocycles. The summed E-state index contributed by atoms with van der Waals surface area (Å²) in [6.07, 6.45) is 10.8. The molecule has 1 aliphatic carbocycles. The van der Waals surface area contributed by atoms with Gasteiger partial charge in [-0.25, -0.2) is 0 Å². The van der Waals surface area contributed by atoms with E-state index < -0.39 is 5.97 Å². The minimum atomic E-state index is -0.796. The number of rotatable bonds is 8. The number of carboxylic acids is 1. The van der Waals surface area contributed by atoms with Gasteiger partial charge in [0.2, 0.25) is 5.91 Å². The summed E-state index contributed by atoms with van der Waals surface area (Å²) in [5.41, 5.74) is 1.02. The number of furan rings is 1. The Balaban J connectivity index is 1.90. The lowest BCUT2D eigenvalue weighted by molar-refractivity contribution is -0.138. The third-order valence-corrected chi connectivity index (χ3v) is 4.30. The molecule has 0 unspecified atom stereocenters.